The smallest absolute Gasteiger partial charge is 0.480 e. The van der Waals surface area contributed by atoms with Crippen LogP contribution in [0.4, 0.5) is 0 Å². The van der Waals surface area contributed by atoms with Crippen molar-refractivity contribution in [3.63, 3.8) is 0 Å². The van der Waals surface area contributed by atoms with Crippen molar-refractivity contribution in [1.82, 2.24) is 0 Å². The average molecular weight is 284 g/mol. The van der Waals surface area contributed by atoms with E-state index in [0.29, 0.717) is 0 Å². The van der Waals surface area contributed by atoms with Crippen LogP contribution in [0.3, 0.4) is 0 Å². The number of carboxylic acids is 1. The Bertz CT molecular complexity index is 46.8. The van der Waals surface area contributed by atoms with Gasteiger partial charge < -0.3 is 10.8 Å². The van der Waals surface area contributed by atoms with E-state index in [1.54, 1.807) is 0 Å². The van der Waals surface area contributed by atoms with E-state index >= 15 is 0 Å². The van der Waals surface area contributed by atoms with Gasteiger partial charge in [0.1, 0.15) is 0 Å². The molecular formula is C2H5BiNO2+3. The van der Waals surface area contributed by atoms with Gasteiger partial charge in [0.2, 0.25) is 0 Å². The Kier molecular flexibility index (Phi) is 8.48. The van der Waals surface area contributed by atoms with E-state index in [1.807, 2.05) is 0 Å². The van der Waals surface area contributed by atoms with Crippen LogP contribution in [-0.4, -0.2) is 43.8 Å². The van der Waals surface area contributed by atoms with Crippen LogP contribution < -0.4 is 5.73 Å². The van der Waals surface area contributed by atoms with Crippen molar-refractivity contribution >= 4 is 32.2 Å². The maximum absolute atomic E-state index is 9.24. The van der Waals surface area contributed by atoms with Crippen LogP contribution in [0.5, 0.6) is 0 Å². The molecule has 0 amide bonds. The maximum atomic E-state index is 9.24. The van der Waals surface area contributed by atoms with Crippen molar-refractivity contribution < 1.29 is 9.90 Å². The molecule has 0 atom stereocenters. The molecule has 0 aliphatic heterocycles. The fourth-order valence-corrected chi connectivity index (χ4v) is 0. The Balaban J connectivity index is 0. The number of carboxylic acid groups (broad SMARTS) is 1. The summed E-state index contributed by atoms with van der Waals surface area (Å²) >= 11 is 0. The van der Waals surface area contributed by atoms with Crippen LogP contribution in [-0.2, 0) is 4.79 Å². The minimum atomic E-state index is -0.968. The molecule has 2 radical (unpaired) electrons. The molecular weight excluding hydrogens is 279 g/mol. The van der Waals surface area contributed by atoms with E-state index in [9.17, 15) is 4.79 Å². The van der Waals surface area contributed by atoms with Gasteiger partial charge in [0, 0.05) is 0 Å². The molecule has 32 valence electrons. The number of aliphatic carboxylic acids is 1. The first-order valence-electron chi connectivity index (χ1n) is 1.19. The number of carbonyl (C=O) groups is 1. The van der Waals surface area contributed by atoms with Crippen LogP contribution in [0, 0.1) is 0 Å². The average Bonchev–Trinajstić information content (AvgIpc) is 1.38. The molecule has 0 aromatic rings. The Morgan fingerprint density at radius 2 is 2.00 bits per heavy atom. The first kappa shape index (κ1) is 9.58. The molecule has 0 fully saturated rings. The summed E-state index contributed by atoms with van der Waals surface area (Å²) in [4.78, 5) is 9.24. The summed E-state index contributed by atoms with van der Waals surface area (Å²) in [6.07, 6.45) is 0. The number of hydrogen-bond donors (Lipinski definition) is 2. The Labute approximate surface area is 54.6 Å². The van der Waals surface area contributed by atoms with Crippen LogP contribution >= 0.6 is 0 Å². The van der Waals surface area contributed by atoms with Crippen molar-refractivity contribution in [1.29, 1.82) is 0 Å². The van der Waals surface area contributed by atoms with E-state index in [2.05, 4.69) is 5.73 Å². The summed E-state index contributed by atoms with van der Waals surface area (Å²) in [6, 6.07) is 0. The summed E-state index contributed by atoms with van der Waals surface area (Å²) < 4.78 is 0. The summed E-state index contributed by atoms with van der Waals surface area (Å²) in [5, 5.41) is 7.60. The van der Waals surface area contributed by atoms with E-state index in [1.165, 1.54) is 0 Å². The van der Waals surface area contributed by atoms with Crippen molar-refractivity contribution in [2.24, 2.45) is 5.73 Å². The predicted octanol–water partition coefficient (Wildman–Crippen LogP) is -1.35. The third-order valence-corrected chi connectivity index (χ3v) is 0.175. The van der Waals surface area contributed by atoms with Crippen molar-refractivity contribution in [3.8, 4) is 0 Å². The molecule has 0 bridgehead atoms. The number of rotatable bonds is 1. The maximum Gasteiger partial charge on any atom is 3.00 e. The number of nitrogens with two attached hydrogens (primary N) is 1. The van der Waals surface area contributed by atoms with Gasteiger partial charge in [-0.25, -0.2) is 0 Å². The fraction of sp³-hybridized carbons (Fsp3) is 0.500. The quantitative estimate of drug-likeness (QED) is 0.585. The summed E-state index contributed by atoms with van der Waals surface area (Å²) in [5.74, 6) is -0.968. The molecule has 6 heavy (non-hydrogen) atoms. The van der Waals surface area contributed by atoms with Gasteiger partial charge in [0.05, 0.1) is 6.54 Å². The fourth-order valence-electron chi connectivity index (χ4n) is 0. The Hall–Kier alpha value is 0.313. The second kappa shape index (κ2) is 5.31. The van der Waals surface area contributed by atoms with Crippen LogP contribution in [0.25, 0.3) is 0 Å². The van der Waals surface area contributed by atoms with Gasteiger partial charge in [-0.05, 0) is 0 Å². The predicted molar refractivity (Wildman–Crippen MR) is 22.4 cm³/mol. The Morgan fingerprint density at radius 1 is 1.83 bits per heavy atom. The van der Waals surface area contributed by atoms with Crippen molar-refractivity contribution in [2.75, 3.05) is 6.54 Å². The first-order valence-corrected chi connectivity index (χ1v) is 1.19. The van der Waals surface area contributed by atoms with Gasteiger partial charge in [-0.1, -0.05) is 0 Å². The summed E-state index contributed by atoms with van der Waals surface area (Å²) in [7, 11) is 0. The molecule has 0 spiro atoms. The van der Waals surface area contributed by atoms with Gasteiger partial charge in [-0.3, -0.25) is 4.79 Å². The molecule has 0 aromatic carbocycles. The van der Waals surface area contributed by atoms with Gasteiger partial charge in [0.15, 0.2) is 0 Å². The molecule has 3 N–H and O–H groups in total. The topological polar surface area (TPSA) is 63.3 Å². The molecule has 0 rings (SSSR count). The van der Waals surface area contributed by atoms with Crippen LogP contribution in [0.2, 0.25) is 0 Å². The minimum absolute atomic E-state index is 0. The zero-order valence-electron chi connectivity index (χ0n) is 3.09. The Morgan fingerprint density at radius 3 is 2.00 bits per heavy atom. The van der Waals surface area contributed by atoms with Gasteiger partial charge in [-0.2, -0.15) is 0 Å². The first-order chi connectivity index (χ1) is 2.27. The van der Waals surface area contributed by atoms with Crippen molar-refractivity contribution in [2.45, 2.75) is 0 Å². The molecule has 0 saturated carbocycles. The standard InChI is InChI=1S/C2H5NO2.Bi/c3-1-2(4)5;/h1,3H2,(H,4,5);/q;+3. The third-order valence-electron chi connectivity index (χ3n) is 0.175. The molecule has 0 aliphatic rings. The van der Waals surface area contributed by atoms with Gasteiger partial charge in [-0.15, -0.1) is 0 Å². The third kappa shape index (κ3) is 8.85. The van der Waals surface area contributed by atoms with Gasteiger partial charge in [0.25, 0.3) is 0 Å². The van der Waals surface area contributed by atoms with E-state index in [0.717, 1.165) is 0 Å². The van der Waals surface area contributed by atoms with E-state index in [4.69, 9.17) is 5.11 Å². The monoisotopic (exact) mass is 284 g/mol. The molecule has 0 aliphatic carbocycles. The number of hydrogen-bond acceptors (Lipinski definition) is 2. The SMILES string of the molecule is NCC(=O)O.[Bi+3]. The summed E-state index contributed by atoms with van der Waals surface area (Å²) in [6.45, 7) is -0.278. The van der Waals surface area contributed by atoms with E-state index in [-0.39, 0.29) is 32.7 Å². The summed E-state index contributed by atoms with van der Waals surface area (Å²) in [5.41, 5.74) is 4.57. The molecule has 0 aromatic heterocycles. The van der Waals surface area contributed by atoms with Gasteiger partial charge >= 0.3 is 32.2 Å². The van der Waals surface area contributed by atoms with Crippen LogP contribution in [0.1, 0.15) is 0 Å². The molecule has 0 saturated heterocycles. The second-order valence-electron chi connectivity index (χ2n) is 0.598. The zero-order chi connectivity index (χ0) is 4.28. The molecule has 3 nitrogen and oxygen atoms in total. The van der Waals surface area contributed by atoms with E-state index < -0.39 is 5.97 Å². The second-order valence-corrected chi connectivity index (χ2v) is 0.598. The molecule has 0 heterocycles. The largest absolute Gasteiger partial charge is 3.00 e. The zero-order valence-corrected chi connectivity index (χ0v) is 6.56. The minimum Gasteiger partial charge on any atom is -0.480 e. The molecule has 4 heteroatoms. The van der Waals surface area contributed by atoms with Crippen LogP contribution in [0.15, 0.2) is 0 Å². The molecule has 0 unspecified atom stereocenters. The normalized spacial score (nSPS) is 6.17. The van der Waals surface area contributed by atoms with Crippen molar-refractivity contribution in [3.05, 3.63) is 0 Å².